The number of nitrogens with zero attached hydrogens (tertiary/aromatic N) is 2. The minimum absolute atomic E-state index is 0.219. The van der Waals surface area contributed by atoms with Crippen LogP contribution in [-0.2, 0) is 13.5 Å². The number of halogens is 1. The van der Waals surface area contributed by atoms with Crippen LogP contribution in [-0.4, -0.2) is 34.1 Å². The number of nitrogens with one attached hydrogen (secondary N) is 1. The lowest BCUT2D eigenvalue weighted by Crippen LogP contribution is -2.26. The van der Waals surface area contributed by atoms with Crippen molar-refractivity contribution in [1.82, 2.24) is 9.78 Å². The van der Waals surface area contributed by atoms with Crippen LogP contribution in [0.15, 0.2) is 30.5 Å². The molecule has 114 valence electrons. The predicted octanol–water partition coefficient (Wildman–Crippen LogP) is 2.49. The molecule has 0 amide bonds. The van der Waals surface area contributed by atoms with Gasteiger partial charge < -0.3 is 15.2 Å². The third-order valence-electron chi connectivity index (χ3n) is 3.02. The fourth-order valence-corrected chi connectivity index (χ4v) is 2.08. The molecule has 1 aromatic heterocycles. The summed E-state index contributed by atoms with van der Waals surface area (Å²) >= 11 is 5.80. The Bertz CT molecular complexity index is 569. The number of aliphatic hydroxyl groups is 1. The molecule has 2 rings (SSSR count). The van der Waals surface area contributed by atoms with Crippen molar-refractivity contribution in [3.8, 4) is 5.75 Å². The zero-order chi connectivity index (χ0) is 15.2. The molecule has 0 bridgehead atoms. The second-order valence-electron chi connectivity index (χ2n) is 4.82. The van der Waals surface area contributed by atoms with Gasteiger partial charge in [0, 0.05) is 24.8 Å². The van der Waals surface area contributed by atoms with Crippen LogP contribution in [0, 0.1) is 0 Å². The molecule has 21 heavy (non-hydrogen) atoms. The van der Waals surface area contributed by atoms with Gasteiger partial charge in [-0.3, -0.25) is 4.68 Å². The largest absolute Gasteiger partial charge is 0.491 e. The van der Waals surface area contributed by atoms with Crippen molar-refractivity contribution in [3.63, 3.8) is 0 Å². The molecular weight excluding hydrogens is 290 g/mol. The Labute approximate surface area is 129 Å². The van der Waals surface area contributed by atoms with Crippen molar-refractivity contribution >= 4 is 17.3 Å². The van der Waals surface area contributed by atoms with Crippen LogP contribution in [0.3, 0.4) is 0 Å². The highest BCUT2D eigenvalue weighted by molar-refractivity contribution is 6.30. The van der Waals surface area contributed by atoms with Gasteiger partial charge in [0.25, 0.3) is 0 Å². The average Bonchev–Trinajstić information content (AvgIpc) is 2.84. The lowest BCUT2D eigenvalue weighted by Gasteiger charge is -2.13. The Morgan fingerprint density at radius 1 is 1.38 bits per heavy atom. The molecule has 0 fully saturated rings. The molecule has 2 aromatic rings. The van der Waals surface area contributed by atoms with E-state index in [9.17, 15) is 5.11 Å². The fraction of sp³-hybridized carbons (Fsp3) is 0.400. The second-order valence-corrected chi connectivity index (χ2v) is 5.25. The van der Waals surface area contributed by atoms with Gasteiger partial charge in [-0.05, 0) is 30.7 Å². The van der Waals surface area contributed by atoms with E-state index in [1.165, 1.54) is 0 Å². The van der Waals surface area contributed by atoms with Gasteiger partial charge in [0.2, 0.25) is 0 Å². The summed E-state index contributed by atoms with van der Waals surface area (Å²) in [7, 11) is 1.88. The summed E-state index contributed by atoms with van der Waals surface area (Å²) in [4.78, 5) is 0. The van der Waals surface area contributed by atoms with E-state index in [1.807, 2.05) is 20.2 Å². The molecule has 2 N–H and O–H groups in total. The predicted molar refractivity (Wildman–Crippen MR) is 84.0 cm³/mol. The molecule has 0 aliphatic rings. The van der Waals surface area contributed by atoms with Gasteiger partial charge in [-0.15, -0.1) is 0 Å². The number of benzene rings is 1. The van der Waals surface area contributed by atoms with Gasteiger partial charge in [0.1, 0.15) is 18.5 Å². The number of aryl methyl sites for hydroxylation is 2. The van der Waals surface area contributed by atoms with Crippen molar-refractivity contribution in [2.24, 2.45) is 7.05 Å². The maximum absolute atomic E-state index is 9.96. The maximum Gasteiger partial charge on any atom is 0.119 e. The van der Waals surface area contributed by atoms with Crippen LogP contribution < -0.4 is 10.1 Å². The third-order valence-corrected chi connectivity index (χ3v) is 3.28. The molecule has 0 aliphatic heterocycles. The van der Waals surface area contributed by atoms with Crippen molar-refractivity contribution in [2.45, 2.75) is 19.4 Å². The number of hydrogen-bond donors (Lipinski definition) is 2. The van der Waals surface area contributed by atoms with Crippen molar-refractivity contribution < 1.29 is 9.84 Å². The zero-order valence-corrected chi connectivity index (χ0v) is 13.0. The first kappa shape index (κ1) is 15.7. The van der Waals surface area contributed by atoms with Crippen LogP contribution in [0.2, 0.25) is 5.02 Å². The topological polar surface area (TPSA) is 59.3 Å². The van der Waals surface area contributed by atoms with Crippen molar-refractivity contribution in [3.05, 3.63) is 41.2 Å². The normalized spacial score (nSPS) is 12.2. The minimum Gasteiger partial charge on any atom is -0.491 e. The van der Waals surface area contributed by atoms with E-state index < -0.39 is 6.10 Å². The van der Waals surface area contributed by atoms with Crippen molar-refractivity contribution in [2.75, 3.05) is 18.5 Å². The van der Waals surface area contributed by atoms with Gasteiger partial charge in [-0.2, -0.15) is 5.10 Å². The monoisotopic (exact) mass is 309 g/mol. The number of aliphatic hydroxyl groups excluding tert-OH is 1. The van der Waals surface area contributed by atoms with Crippen molar-refractivity contribution in [1.29, 1.82) is 0 Å². The maximum atomic E-state index is 9.96. The molecule has 1 unspecified atom stereocenters. The van der Waals surface area contributed by atoms with E-state index >= 15 is 0 Å². The van der Waals surface area contributed by atoms with Crippen LogP contribution in [0.5, 0.6) is 5.75 Å². The highest BCUT2D eigenvalue weighted by Crippen LogP contribution is 2.16. The summed E-state index contributed by atoms with van der Waals surface area (Å²) in [5, 5.41) is 18.1. The average molecular weight is 310 g/mol. The third kappa shape index (κ3) is 4.65. The van der Waals surface area contributed by atoms with Crippen LogP contribution in [0.1, 0.15) is 12.6 Å². The summed E-state index contributed by atoms with van der Waals surface area (Å²) in [5.74, 6) is 0.689. The number of rotatable bonds is 7. The molecule has 0 spiro atoms. The SMILES string of the molecule is CCc1nn(C)cc1NCC(O)COc1ccc(Cl)cc1. The minimum atomic E-state index is -0.606. The number of anilines is 1. The zero-order valence-electron chi connectivity index (χ0n) is 12.2. The number of ether oxygens (including phenoxy) is 1. The quantitative estimate of drug-likeness (QED) is 0.825. The number of hydrogen-bond acceptors (Lipinski definition) is 4. The Hall–Kier alpha value is -1.72. The van der Waals surface area contributed by atoms with Crippen LogP contribution in [0.4, 0.5) is 5.69 Å². The molecule has 0 saturated carbocycles. The smallest absolute Gasteiger partial charge is 0.119 e. The standard InChI is InChI=1S/C15H20ClN3O2/c1-3-14-15(9-19(2)18-14)17-8-12(20)10-21-13-6-4-11(16)5-7-13/h4-7,9,12,17,20H,3,8,10H2,1-2H3. The molecule has 1 heterocycles. The summed E-state index contributed by atoms with van der Waals surface area (Å²) in [5.41, 5.74) is 1.94. The molecule has 1 aromatic carbocycles. The number of aromatic nitrogens is 2. The summed E-state index contributed by atoms with van der Waals surface area (Å²) in [6.45, 7) is 2.68. The van der Waals surface area contributed by atoms with Gasteiger partial charge in [0.05, 0.1) is 11.4 Å². The highest BCUT2D eigenvalue weighted by atomic mass is 35.5. The fourth-order valence-electron chi connectivity index (χ4n) is 1.95. The molecule has 1 atom stereocenters. The van der Waals surface area contributed by atoms with E-state index in [2.05, 4.69) is 10.4 Å². The van der Waals surface area contributed by atoms with Crippen LogP contribution in [0.25, 0.3) is 0 Å². The Morgan fingerprint density at radius 3 is 2.76 bits per heavy atom. The molecule has 0 radical (unpaired) electrons. The Morgan fingerprint density at radius 2 is 2.10 bits per heavy atom. The van der Waals surface area contributed by atoms with Crippen LogP contribution >= 0.6 is 11.6 Å². The molecule has 0 aliphatic carbocycles. The summed E-state index contributed by atoms with van der Waals surface area (Å²) in [6.07, 6.45) is 2.15. The molecule has 0 saturated heterocycles. The molecule has 6 heteroatoms. The van der Waals surface area contributed by atoms with E-state index in [-0.39, 0.29) is 6.61 Å². The van der Waals surface area contributed by atoms with Gasteiger partial charge in [0.15, 0.2) is 0 Å². The molecular formula is C15H20ClN3O2. The lowest BCUT2D eigenvalue weighted by molar-refractivity contribution is 0.117. The van der Waals surface area contributed by atoms with Gasteiger partial charge >= 0.3 is 0 Å². The van der Waals surface area contributed by atoms with Gasteiger partial charge in [-0.25, -0.2) is 0 Å². The highest BCUT2D eigenvalue weighted by Gasteiger charge is 2.09. The van der Waals surface area contributed by atoms with E-state index in [1.54, 1.807) is 28.9 Å². The Balaban J connectivity index is 1.79. The van der Waals surface area contributed by atoms with Gasteiger partial charge in [-0.1, -0.05) is 18.5 Å². The summed E-state index contributed by atoms with van der Waals surface area (Å²) in [6, 6.07) is 7.06. The first-order valence-electron chi connectivity index (χ1n) is 6.91. The summed E-state index contributed by atoms with van der Waals surface area (Å²) < 4.78 is 7.27. The van der Waals surface area contributed by atoms with E-state index in [0.717, 1.165) is 17.8 Å². The van der Waals surface area contributed by atoms with E-state index in [4.69, 9.17) is 16.3 Å². The molecule has 5 nitrogen and oxygen atoms in total. The lowest BCUT2D eigenvalue weighted by atomic mass is 10.3. The van der Waals surface area contributed by atoms with E-state index in [0.29, 0.717) is 17.3 Å². The Kier molecular flexibility index (Phi) is 5.47. The second kappa shape index (κ2) is 7.33. The first-order valence-corrected chi connectivity index (χ1v) is 7.29. The first-order chi connectivity index (χ1) is 10.1.